The molecule has 2 aromatic rings. The zero-order chi connectivity index (χ0) is 29.3. The van der Waals surface area contributed by atoms with Gasteiger partial charge >= 0.3 is 23.9 Å². The van der Waals surface area contributed by atoms with Gasteiger partial charge in [0.1, 0.15) is 0 Å². The van der Waals surface area contributed by atoms with Crippen LogP contribution < -0.4 is 0 Å². The highest BCUT2D eigenvalue weighted by Crippen LogP contribution is 2.27. The van der Waals surface area contributed by atoms with Crippen LogP contribution in [0.3, 0.4) is 0 Å². The molecule has 0 fully saturated rings. The van der Waals surface area contributed by atoms with Gasteiger partial charge in [0, 0.05) is 0 Å². The minimum atomic E-state index is -0.631. The van der Waals surface area contributed by atoms with Gasteiger partial charge < -0.3 is 18.9 Å². The van der Waals surface area contributed by atoms with E-state index in [-0.39, 0.29) is 48.7 Å². The maximum atomic E-state index is 13.0. The first kappa shape index (κ1) is 32.5. The lowest BCUT2D eigenvalue weighted by Gasteiger charge is -2.14. The first-order valence-corrected chi connectivity index (χ1v) is 14.3. The van der Waals surface area contributed by atoms with Gasteiger partial charge in [0.25, 0.3) is 0 Å². The Morgan fingerprint density at radius 2 is 0.725 bits per heavy atom. The third kappa shape index (κ3) is 9.81. The summed E-state index contributed by atoms with van der Waals surface area (Å²) in [6.07, 6.45) is 6.25. The highest BCUT2D eigenvalue weighted by molar-refractivity contribution is 6.06. The van der Waals surface area contributed by atoms with Crippen LogP contribution in [0.1, 0.15) is 120 Å². The van der Waals surface area contributed by atoms with Gasteiger partial charge in [-0.15, -0.1) is 0 Å². The molecular formula is C32H42O8. The predicted molar refractivity (Wildman–Crippen MR) is 153 cm³/mol. The van der Waals surface area contributed by atoms with Crippen molar-refractivity contribution < 1.29 is 38.1 Å². The summed E-state index contributed by atoms with van der Waals surface area (Å²) >= 11 is 0. The van der Waals surface area contributed by atoms with E-state index in [4.69, 9.17) is 18.9 Å². The lowest BCUT2D eigenvalue weighted by atomic mass is 9.95. The summed E-state index contributed by atoms with van der Waals surface area (Å²) in [5, 5.41) is 0. The number of hydrogen-bond acceptors (Lipinski definition) is 8. The van der Waals surface area contributed by atoms with Crippen LogP contribution in [0.25, 0.3) is 11.1 Å². The van der Waals surface area contributed by atoms with Crippen LogP contribution in [0.4, 0.5) is 0 Å². The van der Waals surface area contributed by atoms with Crippen molar-refractivity contribution in [1.29, 1.82) is 0 Å². The lowest BCUT2D eigenvalue weighted by molar-refractivity contribution is 0.0452. The molecule has 0 aromatic heterocycles. The second kappa shape index (κ2) is 17.8. The third-order valence-corrected chi connectivity index (χ3v) is 6.18. The topological polar surface area (TPSA) is 105 Å². The van der Waals surface area contributed by atoms with Crippen molar-refractivity contribution in [2.45, 2.75) is 79.1 Å². The summed E-state index contributed by atoms with van der Waals surface area (Å²) in [5.41, 5.74) is 1.48. The minimum absolute atomic E-state index is 0.0743. The zero-order valence-corrected chi connectivity index (χ0v) is 24.2. The van der Waals surface area contributed by atoms with Crippen LogP contribution in [0.15, 0.2) is 36.4 Å². The van der Waals surface area contributed by atoms with E-state index in [9.17, 15) is 19.2 Å². The van der Waals surface area contributed by atoms with Crippen LogP contribution in [0.2, 0.25) is 0 Å². The Balaban J connectivity index is 2.50. The van der Waals surface area contributed by atoms with Crippen molar-refractivity contribution in [3.63, 3.8) is 0 Å². The van der Waals surface area contributed by atoms with Gasteiger partial charge in [-0.25, -0.2) is 19.2 Å². The SMILES string of the molecule is CCCCOC(=O)c1ccc(-c2ccc(C(=O)OCCCC)c(C(=O)OCCCC)c2)cc1C(=O)OCCCC. The number of carbonyl (C=O) groups is 4. The number of unbranched alkanes of at least 4 members (excludes halogenated alkanes) is 4. The second-order valence-corrected chi connectivity index (χ2v) is 9.48. The molecule has 0 amide bonds. The van der Waals surface area contributed by atoms with Gasteiger partial charge in [0.15, 0.2) is 0 Å². The van der Waals surface area contributed by atoms with E-state index in [2.05, 4.69) is 0 Å². The molecule has 0 aliphatic rings. The maximum Gasteiger partial charge on any atom is 0.339 e. The fourth-order valence-corrected chi connectivity index (χ4v) is 3.69. The first-order valence-electron chi connectivity index (χ1n) is 14.3. The first-order chi connectivity index (χ1) is 19.4. The molecule has 0 radical (unpaired) electrons. The average Bonchev–Trinajstić information content (AvgIpc) is 2.96. The fourth-order valence-electron chi connectivity index (χ4n) is 3.69. The van der Waals surface area contributed by atoms with E-state index in [1.165, 1.54) is 12.1 Å². The maximum absolute atomic E-state index is 13.0. The molecule has 2 aromatic carbocycles. The molecule has 0 saturated heterocycles. The van der Waals surface area contributed by atoms with E-state index < -0.39 is 23.9 Å². The smallest absolute Gasteiger partial charge is 0.339 e. The van der Waals surface area contributed by atoms with E-state index >= 15 is 0 Å². The van der Waals surface area contributed by atoms with Crippen LogP contribution in [-0.4, -0.2) is 50.3 Å². The van der Waals surface area contributed by atoms with Gasteiger partial charge in [0.05, 0.1) is 48.7 Å². The van der Waals surface area contributed by atoms with E-state index in [0.717, 1.165) is 25.7 Å². The molecule has 0 heterocycles. The van der Waals surface area contributed by atoms with Crippen molar-refractivity contribution in [1.82, 2.24) is 0 Å². The summed E-state index contributed by atoms with van der Waals surface area (Å²) in [6, 6.07) is 9.47. The highest BCUT2D eigenvalue weighted by atomic mass is 16.5. The van der Waals surface area contributed by atoms with Gasteiger partial charge in [-0.3, -0.25) is 0 Å². The predicted octanol–water partition coefficient (Wildman–Crippen LogP) is 7.18. The highest BCUT2D eigenvalue weighted by Gasteiger charge is 2.23. The number of benzene rings is 2. The van der Waals surface area contributed by atoms with Crippen molar-refractivity contribution in [2.75, 3.05) is 26.4 Å². The van der Waals surface area contributed by atoms with Crippen LogP contribution >= 0.6 is 0 Å². The molecule has 0 aliphatic carbocycles. The van der Waals surface area contributed by atoms with Crippen molar-refractivity contribution in [2.24, 2.45) is 0 Å². The summed E-state index contributed by atoms with van der Waals surface area (Å²) in [7, 11) is 0. The number of rotatable bonds is 17. The van der Waals surface area contributed by atoms with Crippen molar-refractivity contribution >= 4 is 23.9 Å². The van der Waals surface area contributed by atoms with E-state index in [0.29, 0.717) is 36.8 Å². The van der Waals surface area contributed by atoms with Gasteiger partial charge in [-0.2, -0.15) is 0 Å². The van der Waals surface area contributed by atoms with Gasteiger partial charge in [0.2, 0.25) is 0 Å². The van der Waals surface area contributed by atoms with Crippen molar-refractivity contribution in [3.05, 3.63) is 58.7 Å². The standard InChI is InChI=1S/C32H42O8/c1-5-9-17-37-29(33)25-15-13-23(21-27(25)31(35)39-19-11-7-3)24-14-16-26(30(34)38-18-10-6-2)28(22-24)32(36)40-20-12-8-4/h13-16,21-22H,5-12,17-20H2,1-4H3. The monoisotopic (exact) mass is 554 g/mol. The molecule has 0 unspecified atom stereocenters. The van der Waals surface area contributed by atoms with Gasteiger partial charge in [-0.1, -0.05) is 65.5 Å². The largest absolute Gasteiger partial charge is 0.462 e. The Morgan fingerprint density at radius 1 is 0.450 bits per heavy atom. The molecule has 8 nitrogen and oxygen atoms in total. The van der Waals surface area contributed by atoms with E-state index in [1.54, 1.807) is 24.3 Å². The number of esters is 4. The van der Waals surface area contributed by atoms with Gasteiger partial charge in [-0.05, 0) is 61.1 Å². The van der Waals surface area contributed by atoms with Crippen LogP contribution in [-0.2, 0) is 18.9 Å². The van der Waals surface area contributed by atoms with E-state index in [1.807, 2.05) is 27.7 Å². The number of hydrogen-bond donors (Lipinski definition) is 0. The van der Waals surface area contributed by atoms with Crippen LogP contribution in [0.5, 0.6) is 0 Å². The third-order valence-electron chi connectivity index (χ3n) is 6.18. The molecule has 0 spiro atoms. The molecule has 0 atom stereocenters. The quantitative estimate of drug-likeness (QED) is 0.115. The molecule has 0 aliphatic heterocycles. The number of ether oxygens (including phenoxy) is 4. The Labute approximate surface area is 237 Å². The normalized spacial score (nSPS) is 10.6. The number of carbonyl (C=O) groups excluding carboxylic acids is 4. The molecule has 0 bridgehead atoms. The second-order valence-electron chi connectivity index (χ2n) is 9.48. The fraction of sp³-hybridized carbons (Fsp3) is 0.500. The molecule has 0 saturated carbocycles. The Kier molecular flexibility index (Phi) is 14.5. The molecule has 0 N–H and O–H groups in total. The van der Waals surface area contributed by atoms with Crippen LogP contribution in [0, 0.1) is 0 Å². The molecule has 218 valence electrons. The summed E-state index contributed by atoms with van der Waals surface area (Å²) in [5.74, 6) is -2.47. The summed E-state index contributed by atoms with van der Waals surface area (Å²) in [4.78, 5) is 51.5. The Bertz CT molecular complexity index is 1050. The minimum Gasteiger partial charge on any atom is -0.462 e. The average molecular weight is 555 g/mol. The lowest BCUT2D eigenvalue weighted by Crippen LogP contribution is -2.16. The Morgan fingerprint density at radius 3 is 1.00 bits per heavy atom. The molecule has 40 heavy (non-hydrogen) atoms. The summed E-state index contributed by atoms with van der Waals surface area (Å²) in [6.45, 7) is 8.91. The zero-order valence-electron chi connectivity index (χ0n) is 24.2. The summed E-state index contributed by atoms with van der Waals surface area (Å²) < 4.78 is 21.5. The molecule has 2 rings (SSSR count). The molecular weight excluding hydrogens is 512 g/mol. The Hall–Kier alpha value is -3.68. The molecule has 8 heteroatoms. The van der Waals surface area contributed by atoms with Crippen molar-refractivity contribution in [3.8, 4) is 11.1 Å².